The molecule has 0 bridgehead atoms. The van der Waals surface area contributed by atoms with Crippen molar-refractivity contribution in [2.75, 3.05) is 18.6 Å². The number of thiazole rings is 1. The van der Waals surface area contributed by atoms with Crippen LogP contribution in [-0.2, 0) is 22.5 Å². The highest BCUT2D eigenvalue weighted by atomic mass is 32.1. The van der Waals surface area contributed by atoms with E-state index in [1.807, 2.05) is 25.1 Å². The number of carbonyl (C=O) groups is 1. The fourth-order valence-electron chi connectivity index (χ4n) is 3.12. The number of rotatable bonds is 7. The molecule has 6 heteroatoms. The van der Waals surface area contributed by atoms with E-state index in [0.29, 0.717) is 12.1 Å². The molecule has 1 amide bonds. The summed E-state index contributed by atoms with van der Waals surface area (Å²) in [4.78, 5) is 19.1. The number of carbonyl (C=O) groups excluding carboxylic acids is 1. The topological polar surface area (TPSA) is 66.2 Å². The van der Waals surface area contributed by atoms with E-state index in [2.05, 4.69) is 6.07 Å². The zero-order valence-electron chi connectivity index (χ0n) is 15.2. The molecule has 3 rings (SSSR count). The van der Waals surface area contributed by atoms with Crippen LogP contribution in [0.3, 0.4) is 0 Å². The van der Waals surface area contributed by atoms with E-state index in [9.17, 15) is 4.79 Å². The van der Waals surface area contributed by atoms with Crippen molar-refractivity contribution in [3.63, 3.8) is 0 Å². The predicted octanol–water partition coefficient (Wildman–Crippen LogP) is 3.85. The van der Waals surface area contributed by atoms with Crippen LogP contribution in [0.15, 0.2) is 24.3 Å². The maximum absolute atomic E-state index is 12.7. The Hall–Kier alpha value is -2.23. The van der Waals surface area contributed by atoms with Crippen LogP contribution < -0.4 is 4.90 Å². The molecule has 2 aromatic rings. The lowest BCUT2D eigenvalue weighted by Crippen LogP contribution is -2.33. The molecular weight excluding hydrogens is 346 g/mol. The average Bonchev–Trinajstić information content (AvgIpc) is 2.96. The second kappa shape index (κ2) is 8.43. The first kappa shape index (κ1) is 18.6. The SMILES string of the molecule is COCC(=O)N(Cc1cccc(C#N)c1)c1sc(CC2CCC2)nc1C. The Morgan fingerprint density at radius 1 is 1.46 bits per heavy atom. The van der Waals surface area contributed by atoms with Crippen molar-refractivity contribution in [1.82, 2.24) is 4.98 Å². The highest BCUT2D eigenvalue weighted by molar-refractivity contribution is 7.16. The molecule has 1 saturated carbocycles. The average molecular weight is 369 g/mol. The van der Waals surface area contributed by atoms with E-state index < -0.39 is 0 Å². The standard InChI is InChI=1S/C20H23N3O2S/c1-14-20(26-18(22-14)10-15-5-3-6-15)23(19(24)13-25-2)12-17-8-4-7-16(9-17)11-21/h4,7-9,15H,3,5-6,10,12-13H2,1-2H3. The third-order valence-electron chi connectivity index (χ3n) is 4.72. The molecule has 1 aromatic carbocycles. The summed E-state index contributed by atoms with van der Waals surface area (Å²) in [6.07, 6.45) is 4.87. The van der Waals surface area contributed by atoms with Crippen LogP contribution in [0.2, 0.25) is 0 Å². The van der Waals surface area contributed by atoms with Gasteiger partial charge in [0.15, 0.2) is 0 Å². The maximum atomic E-state index is 12.7. The van der Waals surface area contributed by atoms with Crippen molar-refractivity contribution < 1.29 is 9.53 Å². The minimum atomic E-state index is -0.100. The van der Waals surface area contributed by atoms with Gasteiger partial charge in [-0.1, -0.05) is 31.4 Å². The number of nitriles is 1. The fourth-order valence-corrected chi connectivity index (χ4v) is 4.32. The fraction of sp³-hybridized carbons (Fsp3) is 0.450. The van der Waals surface area contributed by atoms with Gasteiger partial charge in [-0.05, 0) is 30.5 Å². The van der Waals surface area contributed by atoms with Crippen LogP contribution in [0.1, 0.15) is 41.1 Å². The number of hydrogen-bond donors (Lipinski definition) is 0. The lowest BCUT2D eigenvalue weighted by molar-refractivity contribution is -0.122. The number of benzene rings is 1. The highest BCUT2D eigenvalue weighted by Gasteiger charge is 2.24. The van der Waals surface area contributed by atoms with E-state index >= 15 is 0 Å². The van der Waals surface area contributed by atoms with Crippen molar-refractivity contribution in [1.29, 1.82) is 5.26 Å². The summed E-state index contributed by atoms with van der Waals surface area (Å²) in [6.45, 7) is 2.38. The Morgan fingerprint density at radius 3 is 2.92 bits per heavy atom. The van der Waals surface area contributed by atoms with Crippen molar-refractivity contribution in [3.05, 3.63) is 46.1 Å². The number of amides is 1. The maximum Gasteiger partial charge on any atom is 0.253 e. The molecule has 1 aliphatic carbocycles. The number of ether oxygens (including phenoxy) is 1. The second-order valence-electron chi connectivity index (χ2n) is 6.72. The smallest absolute Gasteiger partial charge is 0.253 e. The normalized spacial score (nSPS) is 13.9. The predicted molar refractivity (Wildman–Crippen MR) is 102 cm³/mol. The number of nitrogens with zero attached hydrogens (tertiary/aromatic N) is 3. The Balaban J connectivity index is 1.85. The van der Waals surface area contributed by atoms with Gasteiger partial charge in [0, 0.05) is 13.5 Å². The zero-order chi connectivity index (χ0) is 18.5. The van der Waals surface area contributed by atoms with E-state index in [1.54, 1.807) is 22.3 Å². The van der Waals surface area contributed by atoms with Crippen LogP contribution in [-0.4, -0.2) is 24.6 Å². The molecule has 5 nitrogen and oxygen atoms in total. The Bertz CT molecular complexity index is 821. The lowest BCUT2D eigenvalue weighted by atomic mass is 9.83. The van der Waals surface area contributed by atoms with Gasteiger partial charge in [0.05, 0.1) is 28.9 Å². The lowest BCUT2D eigenvalue weighted by Gasteiger charge is -2.24. The molecule has 136 valence electrons. The van der Waals surface area contributed by atoms with Gasteiger partial charge in [0.1, 0.15) is 11.6 Å². The number of aryl methyl sites for hydroxylation is 1. The van der Waals surface area contributed by atoms with Crippen molar-refractivity contribution in [3.8, 4) is 6.07 Å². The minimum absolute atomic E-state index is 0.0211. The van der Waals surface area contributed by atoms with E-state index in [1.165, 1.54) is 26.4 Å². The van der Waals surface area contributed by atoms with Crippen molar-refractivity contribution in [2.24, 2.45) is 5.92 Å². The minimum Gasteiger partial charge on any atom is -0.375 e. The third kappa shape index (κ3) is 4.29. The molecule has 0 radical (unpaired) electrons. The summed E-state index contributed by atoms with van der Waals surface area (Å²) in [7, 11) is 1.52. The Morgan fingerprint density at radius 2 is 2.27 bits per heavy atom. The monoisotopic (exact) mass is 369 g/mol. The van der Waals surface area contributed by atoms with Gasteiger partial charge in [-0.3, -0.25) is 9.69 Å². The molecule has 0 aliphatic heterocycles. The molecule has 0 unspecified atom stereocenters. The first-order chi connectivity index (χ1) is 12.6. The van der Waals surface area contributed by atoms with Crippen molar-refractivity contribution in [2.45, 2.75) is 39.2 Å². The molecule has 0 atom stereocenters. The van der Waals surface area contributed by atoms with Gasteiger partial charge in [0.2, 0.25) is 0 Å². The highest BCUT2D eigenvalue weighted by Crippen LogP contribution is 2.35. The summed E-state index contributed by atoms with van der Waals surface area (Å²) in [6, 6.07) is 9.50. The molecule has 1 fully saturated rings. The van der Waals surface area contributed by atoms with Crippen LogP contribution in [0, 0.1) is 24.2 Å². The first-order valence-corrected chi connectivity index (χ1v) is 9.67. The summed E-state index contributed by atoms with van der Waals surface area (Å²) in [5.41, 5.74) is 2.39. The van der Waals surface area contributed by atoms with E-state index in [-0.39, 0.29) is 12.5 Å². The molecule has 0 spiro atoms. The molecule has 26 heavy (non-hydrogen) atoms. The van der Waals surface area contributed by atoms with Gasteiger partial charge in [-0.25, -0.2) is 4.98 Å². The first-order valence-electron chi connectivity index (χ1n) is 8.85. The Labute approximate surface area is 158 Å². The van der Waals surface area contributed by atoms with Gasteiger partial charge in [-0.2, -0.15) is 5.26 Å². The molecule has 1 aliphatic rings. The van der Waals surface area contributed by atoms with Gasteiger partial charge < -0.3 is 4.74 Å². The molecular formula is C20H23N3O2S. The van der Waals surface area contributed by atoms with Crippen LogP contribution >= 0.6 is 11.3 Å². The summed E-state index contributed by atoms with van der Waals surface area (Å²) < 4.78 is 5.07. The third-order valence-corrected chi connectivity index (χ3v) is 5.92. The molecule has 0 N–H and O–H groups in total. The van der Waals surface area contributed by atoms with Crippen molar-refractivity contribution >= 4 is 22.2 Å². The van der Waals surface area contributed by atoms with E-state index in [0.717, 1.165) is 33.6 Å². The summed E-state index contributed by atoms with van der Waals surface area (Å²) in [5, 5.41) is 11.1. The molecule has 1 heterocycles. The second-order valence-corrected chi connectivity index (χ2v) is 7.79. The van der Waals surface area contributed by atoms with Gasteiger partial charge in [0.25, 0.3) is 5.91 Å². The molecule has 0 saturated heterocycles. The Kier molecular flexibility index (Phi) is 6.02. The number of anilines is 1. The van der Waals surface area contributed by atoms with Crippen LogP contribution in [0.25, 0.3) is 0 Å². The van der Waals surface area contributed by atoms with Gasteiger partial charge in [-0.15, -0.1) is 11.3 Å². The van der Waals surface area contributed by atoms with E-state index in [4.69, 9.17) is 15.0 Å². The van der Waals surface area contributed by atoms with Crippen LogP contribution in [0.5, 0.6) is 0 Å². The number of methoxy groups -OCH3 is 1. The zero-order valence-corrected chi connectivity index (χ0v) is 16.0. The molecule has 1 aromatic heterocycles. The van der Waals surface area contributed by atoms with Crippen LogP contribution in [0.4, 0.5) is 5.00 Å². The summed E-state index contributed by atoms with van der Waals surface area (Å²) in [5.74, 6) is 0.639. The van der Waals surface area contributed by atoms with Gasteiger partial charge >= 0.3 is 0 Å². The quantitative estimate of drug-likeness (QED) is 0.744. The largest absolute Gasteiger partial charge is 0.375 e. The number of hydrogen-bond acceptors (Lipinski definition) is 5. The summed E-state index contributed by atoms with van der Waals surface area (Å²) >= 11 is 1.60. The number of aromatic nitrogens is 1.